The summed E-state index contributed by atoms with van der Waals surface area (Å²) in [6.07, 6.45) is 0. The summed E-state index contributed by atoms with van der Waals surface area (Å²) in [6, 6.07) is 9.75. The van der Waals surface area contributed by atoms with Gasteiger partial charge in [-0.05, 0) is 36.8 Å². The van der Waals surface area contributed by atoms with E-state index in [2.05, 4.69) is 10.6 Å². The van der Waals surface area contributed by atoms with Crippen molar-refractivity contribution < 1.29 is 14.3 Å². The minimum Gasteiger partial charge on any atom is -0.454 e. The topological polar surface area (TPSA) is 59.6 Å². The summed E-state index contributed by atoms with van der Waals surface area (Å²) < 4.78 is 10.5. The van der Waals surface area contributed by atoms with E-state index in [0.29, 0.717) is 27.2 Å². The van der Waals surface area contributed by atoms with E-state index in [4.69, 9.17) is 32.7 Å². The summed E-state index contributed by atoms with van der Waals surface area (Å²) in [5.74, 6) is 1.27. The number of carbonyl (C=O) groups is 1. The summed E-state index contributed by atoms with van der Waals surface area (Å²) >= 11 is 12.0. The van der Waals surface area contributed by atoms with Crippen LogP contribution in [0.25, 0.3) is 0 Å². The van der Waals surface area contributed by atoms with Gasteiger partial charge >= 0.3 is 6.03 Å². The highest BCUT2D eigenvalue weighted by atomic mass is 35.5. The molecule has 2 N–H and O–H groups in total. The van der Waals surface area contributed by atoms with Crippen molar-refractivity contribution in [2.45, 2.75) is 13.0 Å². The van der Waals surface area contributed by atoms with Crippen molar-refractivity contribution in [1.82, 2.24) is 5.32 Å². The molecule has 0 radical (unpaired) electrons. The van der Waals surface area contributed by atoms with Crippen LogP contribution < -0.4 is 20.1 Å². The monoisotopic (exact) mass is 352 g/mol. The van der Waals surface area contributed by atoms with E-state index in [9.17, 15) is 4.79 Å². The van der Waals surface area contributed by atoms with Crippen molar-refractivity contribution in [3.8, 4) is 11.5 Å². The molecule has 23 heavy (non-hydrogen) atoms. The molecule has 3 rings (SSSR count). The zero-order valence-corrected chi connectivity index (χ0v) is 13.7. The molecule has 0 saturated carbocycles. The van der Waals surface area contributed by atoms with Gasteiger partial charge in [-0.25, -0.2) is 4.79 Å². The maximum atomic E-state index is 12.1. The van der Waals surface area contributed by atoms with Gasteiger partial charge < -0.3 is 20.1 Å². The molecule has 5 nitrogen and oxygen atoms in total. The molecule has 120 valence electrons. The maximum Gasteiger partial charge on any atom is 0.319 e. The number of fused-ring (bicyclic) bond motifs is 1. The van der Waals surface area contributed by atoms with Gasteiger partial charge in [-0.3, -0.25) is 0 Å². The molecule has 0 aromatic heterocycles. The lowest BCUT2D eigenvalue weighted by atomic mass is 10.1. The van der Waals surface area contributed by atoms with Crippen LogP contribution in [0, 0.1) is 0 Å². The first-order valence-electron chi connectivity index (χ1n) is 6.95. The molecule has 0 spiro atoms. The summed E-state index contributed by atoms with van der Waals surface area (Å²) in [7, 11) is 0. The van der Waals surface area contributed by atoms with E-state index in [1.807, 2.05) is 6.92 Å². The van der Waals surface area contributed by atoms with Crippen molar-refractivity contribution >= 4 is 34.9 Å². The molecule has 0 bridgehead atoms. The fourth-order valence-corrected chi connectivity index (χ4v) is 2.84. The lowest BCUT2D eigenvalue weighted by Gasteiger charge is -2.16. The average Bonchev–Trinajstić information content (AvgIpc) is 2.94. The Kier molecular flexibility index (Phi) is 4.50. The fourth-order valence-electron chi connectivity index (χ4n) is 2.27. The van der Waals surface area contributed by atoms with E-state index in [-0.39, 0.29) is 18.9 Å². The van der Waals surface area contributed by atoms with E-state index in [1.165, 1.54) is 0 Å². The molecule has 0 fully saturated rings. The Morgan fingerprint density at radius 2 is 1.91 bits per heavy atom. The molecule has 0 saturated heterocycles. The third kappa shape index (κ3) is 3.63. The van der Waals surface area contributed by atoms with Gasteiger partial charge in [0.25, 0.3) is 0 Å². The van der Waals surface area contributed by atoms with E-state index < -0.39 is 0 Å². The Morgan fingerprint density at radius 3 is 2.70 bits per heavy atom. The molecular weight excluding hydrogens is 339 g/mol. The SMILES string of the molecule is CC(NC(=O)Nc1ccc2c(c1)OCO2)c1ccc(Cl)cc1Cl. The normalized spacial score (nSPS) is 13.5. The number of hydrogen-bond acceptors (Lipinski definition) is 3. The van der Waals surface area contributed by atoms with Crippen LogP contribution in [-0.2, 0) is 0 Å². The van der Waals surface area contributed by atoms with Crippen LogP contribution in [0.4, 0.5) is 10.5 Å². The van der Waals surface area contributed by atoms with E-state index >= 15 is 0 Å². The number of anilines is 1. The summed E-state index contributed by atoms with van der Waals surface area (Å²) in [6.45, 7) is 2.03. The number of benzene rings is 2. The summed E-state index contributed by atoms with van der Waals surface area (Å²) in [5.41, 5.74) is 1.40. The van der Waals surface area contributed by atoms with E-state index in [0.717, 1.165) is 5.56 Å². The van der Waals surface area contributed by atoms with Crippen LogP contribution in [0.3, 0.4) is 0 Å². The zero-order valence-electron chi connectivity index (χ0n) is 12.2. The van der Waals surface area contributed by atoms with Gasteiger partial charge in [0.2, 0.25) is 6.79 Å². The molecule has 2 amide bonds. The van der Waals surface area contributed by atoms with Crippen molar-refractivity contribution in [1.29, 1.82) is 0 Å². The summed E-state index contributed by atoms with van der Waals surface area (Å²) in [4.78, 5) is 12.1. The molecule has 1 aliphatic rings. The molecule has 2 aromatic rings. The first-order valence-corrected chi connectivity index (χ1v) is 7.70. The molecule has 7 heteroatoms. The number of urea groups is 1. The second kappa shape index (κ2) is 6.56. The second-order valence-corrected chi connectivity index (χ2v) is 5.90. The van der Waals surface area contributed by atoms with Gasteiger partial charge in [0, 0.05) is 21.8 Å². The van der Waals surface area contributed by atoms with Gasteiger partial charge in [0.05, 0.1) is 6.04 Å². The molecule has 2 aromatic carbocycles. The highest BCUT2D eigenvalue weighted by molar-refractivity contribution is 6.35. The Labute approximate surface area is 143 Å². The molecule has 0 aliphatic carbocycles. The Morgan fingerprint density at radius 1 is 1.13 bits per heavy atom. The van der Waals surface area contributed by atoms with Crippen molar-refractivity contribution in [3.63, 3.8) is 0 Å². The molecule has 1 heterocycles. The van der Waals surface area contributed by atoms with Gasteiger partial charge in [-0.15, -0.1) is 0 Å². The average molecular weight is 353 g/mol. The standard InChI is InChI=1S/C16H14Cl2N2O3/c1-9(12-4-2-10(17)6-13(12)18)19-16(21)20-11-3-5-14-15(7-11)23-8-22-14/h2-7,9H,8H2,1H3,(H2,19,20,21). The number of carbonyl (C=O) groups excluding carboxylic acids is 1. The second-order valence-electron chi connectivity index (χ2n) is 5.05. The first-order chi connectivity index (χ1) is 11.0. The highest BCUT2D eigenvalue weighted by Crippen LogP contribution is 2.34. The van der Waals surface area contributed by atoms with Crippen LogP contribution >= 0.6 is 23.2 Å². The van der Waals surface area contributed by atoms with Gasteiger partial charge in [0.1, 0.15) is 0 Å². The van der Waals surface area contributed by atoms with Crippen molar-refractivity contribution in [2.75, 3.05) is 12.1 Å². The largest absolute Gasteiger partial charge is 0.454 e. The number of halogens is 2. The van der Waals surface area contributed by atoms with Gasteiger partial charge in [-0.1, -0.05) is 29.3 Å². The first kappa shape index (κ1) is 15.8. The van der Waals surface area contributed by atoms with Crippen LogP contribution in [0.1, 0.15) is 18.5 Å². The third-order valence-corrected chi connectivity index (χ3v) is 3.97. The van der Waals surface area contributed by atoms with Crippen molar-refractivity contribution in [2.24, 2.45) is 0 Å². The lowest BCUT2D eigenvalue weighted by Crippen LogP contribution is -2.31. The minimum absolute atomic E-state index is 0.192. The highest BCUT2D eigenvalue weighted by Gasteiger charge is 2.16. The summed E-state index contributed by atoms with van der Waals surface area (Å²) in [5, 5.41) is 6.63. The Hall–Kier alpha value is -2.11. The molecule has 1 aliphatic heterocycles. The Bertz CT molecular complexity index is 752. The zero-order chi connectivity index (χ0) is 16.4. The van der Waals surface area contributed by atoms with E-state index in [1.54, 1.807) is 36.4 Å². The quantitative estimate of drug-likeness (QED) is 0.848. The number of hydrogen-bond donors (Lipinski definition) is 2. The maximum absolute atomic E-state index is 12.1. The lowest BCUT2D eigenvalue weighted by molar-refractivity contribution is 0.174. The van der Waals surface area contributed by atoms with Crippen LogP contribution in [0.15, 0.2) is 36.4 Å². The third-order valence-electron chi connectivity index (χ3n) is 3.41. The molecular formula is C16H14Cl2N2O3. The smallest absolute Gasteiger partial charge is 0.319 e. The predicted molar refractivity (Wildman–Crippen MR) is 89.6 cm³/mol. The van der Waals surface area contributed by atoms with Gasteiger partial charge in [-0.2, -0.15) is 0 Å². The molecule has 1 atom stereocenters. The van der Waals surface area contributed by atoms with Crippen LogP contribution in [0.2, 0.25) is 10.0 Å². The Balaban J connectivity index is 1.64. The minimum atomic E-state index is -0.345. The fraction of sp³-hybridized carbons (Fsp3) is 0.188. The van der Waals surface area contributed by atoms with Gasteiger partial charge in [0.15, 0.2) is 11.5 Å². The number of rotatable bonds is 3. The number of amides is 2. The number of nitrogens with one attached hydrogen (secondary N) is 2. The predicted octanol–water partition coefficient (Wildman–Crippen LogP) is 4.60. The number of ether oxygens (including phenoxy) is 2. The van der Waals surface area contributed by atoms with Crippen molar-refractivity contribution in [3.05, 3.63) is 52.0 Å². The van der Waals surface area contributed by atoms with Crippen LogP contribution in [0.5, 0.6) is 11.5 Å². The van der Waals surface area contributed by atoms with Crippen LogP contribution in [-0.4, -0.2) is 12.8 Å². The molecule has 1 unspecified atom stereocenters.